The van der Waals surface area contributed by atoms with Crippen LogP contribution in [0.5, 0.6) is 0 Å². The molecule has 0 radical (unpaired) electrons. The lowest BCUT2D eigenvalue weighted by Gasteiger charge is -1.84. The van der Waals surface area contributed by atoms with Gasteiger partial charge in [0.05, 0.1) is 11.8 Å². The van der Waals surface area contributed by atoms with Gasteiger partial charge in [0.2, 0.25) is 0 Å². The van der Waals surface area contributed by atoms with Gasteiger partial charge in [0, 0.05) is 0 Å². The van der Waals surface area contributed by atoms with Gasteiger partial charge in [0.1, 0.15) is 0 Å². The molecule has 0 fully saturated rings. The molecule has 1 aromatic heterocycles. The highest BCUT2D eigenvalue weighted by molar-refractivity contribution is 5.86. The lowest BCUT2D eigenvalue weighted by atomic mass is 10.3. The fourth-order valence-electron chi connectivity index (χ4n) is 1.14. The Morgan fingerprint density at radius 1 is 0.909 bits per heavy atom. The van der Waals surface area contributed by atoms with E-state index in [1.54, 1.807) is 30.3 Å². The summed E-state index contributed by atoms with van der Waals surface area (Å²) >= 11 is 0. The Hall–Kier alpha value is -3.28. The van der Waals surface area contributed by atoms with Crippen LogP contribution in [-0.4, -0.2) is 21.4 Å². The van der Waals surface area contributed by atoms with Crippen LogP contribution < -0.4 is 0 Å². The molecule has 6 heteroatoms. The smallest absolute Gasteiger partial charge is 0.339 e. The summed E-state index contributed by atoms with van der Waals surface area (Å²) in [4.78, 5) is 10.9. The molecule has 1 heterocycles. The maximum atomic E-state index is 10.9. The van der Waals surface area contributed by atoms with E-state index < -0.39 is 5.97 Å². The number of carboxylic acids is 1. The number of hydrogen-bond acceptors (Lipinski definition) is 4. The Labute approximate surface area is 127 Å². The van der Waals surface area contributed by atoms with E-state index in [1.165, 1.54) is 12.3 Å². The molecular formula is C16H16N2O4. The van der Waals surface area contributed by atoms with E-state index in [9.17, 15) is 4.79 Å². The van der Waals surface area contributed by atoms with Gasteiger partial charge in [-0.1, -0.05) is 65.9 Å². The molecule has 0 spiro atoms. The van der Waals surface area contributed by atoms with Crippen LogP contribution in [0, 0.1) is 0 Å². The van der Waals surface area contributed by atoms with Crippen LogP contribution in [0.3, 0.4) is 0 Å². The van der Waals surface area contributed by atoms with Crippen molar-refractivity contribution in [2.75, 3.05) is 0 Å². The molecule has 0 saturated heterocycles. The molecule has 0 aromatic carbocycles. The molecule has 0 bridgehead atoms. The van der Waals surface area contributed by atoms with Gasteiger partial charge in [-0.15, -0.1) is 5.10 Å². The van der Waals surface area contributed by atoms with Crippen molar-refractivity contribution in [2.24, 2.45) is 0 Å². The lowest BCUT2D eigenvalue weighted by molar-refractivity contribution is -0.0215. The second-order valence-corrected chi connectivity index (χ2v) is 3.71. The molecule has 0 atom stereocenters. The zero-order valence-corrected chi connectivity index (χ0v) is 11.7. The third-order valence-corrected chi connectivity index (χ3v) is 2.11. The normalized spacial score (nSPS) is 8.36. The molecule has 0 saturated carbocycles. The van der Waals surface area contributed by atoms with Crippen molar-refractivity contribution in [1.82, 2.24) is 10.4 Å². The minimum atomic E-state index is -1.14. The van der Waals surface area contributed by atoms with Crippen LogP contribution in [0.2, 0.25) is 0 Å². The number of carbonyl (C=O) groups is 1. The fraction of sp³-hybridized carbons (Fsp3) is 0. The van der Waals surface area contributed by atoms with Gasteiger partial charge in [-0.25, -0.2) is 4.79 Å². The van der Waals surface area contributed by atoms with Crippen molar-refractivity contribution in [2.45, 2.75) is 0 Å². The van der Waals surface area contributed by atoms with E-state index in [1.807, 2.05) is 36.4 Å². The van der Waals surface area contributed by atoms with Gasteiger partial charge in [0.25, 0.3) is 0 Å². The van der Waals surface area contributed by atoms with Gasteiger partial charge in [-0.05, 0) is 12.1 Å². The number of nitrogens with one attached hydrogen (secondary N) is 1. The van der Waals surface area contributed by atoms with Crippen LogP contribution in [0.25, 0.3) is 0 Å². The first-order valence-corrected chi connectivity index (χ1v) is 6.34. The first-order chi connectivity index (χ1) is 10.8. The van der Waals surface area contributed by atoms with Crippen LogP contribution >= 0.6 is 0 Å². The van der Waals surface area contributed by atoms with E-state index >= 15 is 0 Å². The molecule has 1 aromatic rings. The Morgan fingerprint density at radius 3 is 2.05 bits per heavy atom. The molecule has 22 heavy (non-hydrogen) atoms. The number of aromatic nitrogens is 2. The zero-order valence-electron chi connectivity index (χ0n) is 11.7. The summed E-state index contributed by atoms with van der Waals surface area (Å²) in [5.41, 5.74) is -0.0821. The van der Waals surface area contributed by atoms with Gasteiger partial charge < -0.3 is 5.11 Å². The average molecular weight is 300 g/mol. The third-order valence-electron chi connectivity index (χ3n) is 2.11. The molecule has 6 nitrogen and oxygen atoms in total. The van der Waals surface area contributed by atoms with Crippen molar-refractivity contribution in [3.63, 3.8) is 0 Å². The summed E-state index contributed by atoms with van der Waals surface area (Å²) in [6.07, 6.45) is 2.39. The lowest BCUT2D eigenvalue weighted by Crippen LogP contribution is -1.92. The van der Waals surface area contributed by atoms with Gasteiger partial charge in [-0.3, -0.25) is 4.58 Å². The SMILES string of the molecule is O=C(O)c1cccccccccccccn[nH]ooc1. The standard InChI is InChI=1S/C16H16N2O4/c19-16(20)15-12-10-8-6-4-2-1-3-5-7-9-11-13-17-18-22-21-14-15/h1-14,18H,(H,19,20). The summed E-state index contributed by atoms with van der Waals surface area (Å²) in [7, 11) is 0. The number of hydrogen-bond donors (Lipinski definition) is 2. The summed E-state index contributed by atoms with van der Waals surface area (Å²) < 4.78 is 9.03. The van der Waals surface area contributed by atoms with E-state index in [0.717, 1.165) is 6.26 Å². The Balaban J connectivity index is 3.24. The topological polar surface area (TPSA) is 92.3 Å². The zero-order chi connectivity index (χ0) is 15.9. The Kier molecular flexibility index (Phi) is 8.80. The van der Waals surface area contributed by atoms with E-state index in [2.05, 4.69) is 19.6 Å². The predicted octanol–water partition coefficient (Wildman–Crippen LogP) is 3.79. The molecule has 0 aliphatic heterocycles. The van der Waals surface area contributed by atoms with Crippen LogP contribution in [0.15, 0.2) is 94.5 Å². The maximum Gasteiger partial charge on any atom is 0.339 e. The molecule has 0 amide bonds. The Morgan fingerprint density at radius 2 is 1.45 bits per heavy atom. The monoisotopic (exact) mass is 300 g/mol. The highest BCUT2D eigenvalue weighted by atomic mass is 17.0. The van der Waals surface area contributed by atoms with Gasteiger partial charge >= 0.3 is 5.97 Å². The summed E-state index contributed by atoms with van der Waals surface area (Å²) in [5, 5.41) is 14.7. The van der Waals surface area contributed by atoms with Crippen LogP contribution in [0.1, 0.15) is 10.4 Å². The molecule has 0 aliphatic rings. The third kappa shape index (κ3) is 8.76. The maximum absolute atomic E-state index is 10.9. The number of nitrogens with zero attached hydrogens (tertiary/aromatic N) is 1. The van der Waals surface area contributed by atoms with Crippen molar-refractivity contribution in [3.8, 4) is 0 Å². The number of rotatable bonds is 1. The summed E-state index contributed by atoms with van der Waals surface area (Å²) in [5.74, 6) is -1.14. The number of H-pyrrole nitrogens is 1. The number of carboxylic acid groups (broad SMARTS) is 1. The highest BCUT2D eigenvalue weighted by Crippen LogP contribution is 1.92. The largest absolute Gasteiger partial charge is 0.478 e. The molecule has 0 unspecified atom stereocenters. The summed E-state index contributed by atoms with van der Waals surface area (Å²) in [6.45, 7) is 0. The van der Waals surface area contributed by atoms with Crippen molar-refractivity contribution in [1.29, 1.82) is 0 Å². The molecule has 0 aliphatic carbocycles. The minimum Gasteiger partial charge on any atom is -0.478 e. The quantitative estimate of drug-likeness (QED) is 0.770. The molecule has 2 N–H and O–H groups in total. The number of aromatic amines is 1. The van der Waals surface area contributed by atoms with Crippen LogP contribution in [0.4, 0.5) is 0 Å². The number of aromatic carboxylic acids is 1. The van der Waals surface area contributed by atoms with Crippen LogP contribution in [-0.2, 0) is 0 Å². The minimum absolute atomic E-state index is 0.0821. The summed E-state index contributed by atoms with van der Waals surface area (Å²) in [6, 6.07) is 21.0. The first kappa shape index (κ1) is 16.8. The van der Waals surface area contributed by atoms with Crippen molar-refractivity contribution >= 4 is 5.97 Å². The average Bonchev–Trinajstić information content (AvgIpc) is 2.50. The Bertz CT molecular complexity index is 620. The first-order valence-electron chi connectivity index (χ1n) is 6.34. The van der Waals surface area contributed by atoms with Crippen molar-refractivity contribution < 1.29 is 19.2 Å². The van der Waals surface area contributed by atoms with Gasteiger partial charge in [0.15, 0.2) is 6.26 Å². The van der Waals surface area contributed by atoms with Gasteiger partial charge in [-0.2, -0.15) is 4.68 Å². The van der Waals surface area contributed by atoms with E-state index in [-0.39, 0.29) is 5.56 Å². The molecule has 114 valence electrons. The molecular weight excluding hydrogens is 284 g/mol. The van der Waals surface area contributed by atoms with E-state index in [0.29, 0.717) is 0 Å². The fourth-order valence-corrected chi connectivity index (χ4v) is 1.14. The molecule has 1 rings (SSSR count). The second kappa shape index (κ2) is 11.5. The van der Waals surface area contributed by atoms with E-state index in [4.69, 9.17) is 5.11 Å². The highest BCUT2D eigenvalue weighted by Gasteiger charge is 1.98. The van der Waals surface area contributed by atoms with Crippen molar-refractivity contribution in [3.05, 3.63) is 90.8 Å². The second-order valence-electron chi connectivity index (χ2n) is 3.71. The predicted molar refractivity (Wildman–Crippen MR) is 80.6 cm³/mol.